The number of sulfonamides is 1. The molecule has 5 nitrogen and oxygen atoms in total. The van der Waals surface area contributed by atoms with Gasteiger partial charge in [0.1, 0.15) is 0 Å². The molecule has 0 atom stereocenters. The Morgan fingerprint density at radius 2 is 2.00 bits per heavy atom. The van der Waals surface area contributed by atoms with Crippen LogP contribution < -0.4 is 5.73 Å². The van der Waals surface area contributed by atoms with Crippen molar-refractivity contribution in [3.8, 4) is 0 Å². The molecule has 2 N–H and O–H groups in total. The van der Waals surface area contributed by atoms with Gasteiger partial charge in [-0.2, -0.15) is 4.31 Å². The summed E-state index contributed by atoms with van der Waals surface area (Å²) in [5.74, 6) is 0. The van der Waals surface area contributed by atoms with E-state index in [1.807, 2.05) is 19.1 Å². The van der Waals surface area contributed by atoms with Gasteiger partial charge in [-0.3, -0.25) is 4.98 Å². The van der Waals surface area contributed by atoms with Crippen molar-refractivity contribution in [1.29, 1.82) is 0 Å². The molecule has 0 fully saturated rings. The highest BCUT2D eigenvalue weighted by Crippen LogP contribution is 2.27. The van der Waals surface area contributed by atoms with Crippen LogP contribution in [0.5, 0.6) is 0 Å². The van der Waals surface area contributed by atoms with E-state index < -0.39 is 10.0 Å². The first-order chi connectivity index (χ1) is 9.80. The monoisotopic (exact) mass is 369 g/mol. The molecule has 0 aliphatic heterocycles. The number of hydrogen-bond donors (Lipinski definition) is 1. The third-order valence-corrected chi connectivity index (χ3v) is 5.75. The maximum Gasteiger partial charge on any atom is 0.244 e. The van der Waals surface area contributed by atoms with Crippen LogP contribution in [-0.4, -0.2) is 24.8 Å². The summed E-state index contributed by atoms with van der Waals surface area (Å²) in [5.41, 5.74) is 7.70. The number of nitrogens with zero attached hydrogens (tertiary/aromatic N) is 2. The van der Waals surface area contributed by atoms with Gasteiger partial charge in [0.2, 0.25) is 10.0 Å². The number of nitrogen functional groups attached to an aromatic ring is 1. The van der Waals surface area contributed by atoms with Crippen LogP contribution in [0.4, 0.5) is 5.69 Å². The van der Waals surface area contributed by atoms with E-state index in [-0.39, 0.29) is 11.4 Å². The van der Waals surface area contributed by atoms with E-state index in [4.69, 9.17) is 5.73 Å². The highest BCUT2D eigenvalue weighted by atomic mass is 79.9. The largest absolute Gasteiger partial charge is 0.399 e. The smallest absolute Gasteiger partial charge is 0.244 e. The van der Waals surface area contributed by atoms with Gasteiger partial charge in [-0.25, -0.2) is 8.42 Å². The molecular weight excluding hydrogens is 354 g/mol. The van der Waals surface area contributed by atoms with Gasteiger partial charge in [0.25, 0.3) is 0 Å². The SMILES string of the molecule is Cc1cccc(CN(C)S(=O)(=O)c2ccc(N)cc2Br)n1. The Morgan fingerprint density at radius 3 is 2.62 bits per heavy atom. The highest BCUT2D eigenvalue weighted by molar-refractivity contribution is 9.10. The number of aromatic nitrogens is 1. The molecule has 1 aromatic carbocycles. The van der Waals surface area contributed by atoms with Crippen molar-refractivity contribution < 1.29 is 8.42 Å². The summed E-state index contributed by atoms with van der Waals surface area (Å²) < 4.78 is 26.9. The molecule has 0 aliphatic rings. The molecule has 112 valence electrons. The maximum absolute atomic E-state index is 12.6. The van der Waals surface area contributed by atoms with E-state index in [9.17, 15) is 8.42 Å². The quantitative estimate of drug-likeness (QED) is 0.840. The molecule has 0 bridgehead atoms. The van der Waals surface area contributed by atoms with Gasteiger partial charge >= 0.3 is 0 Å². The van der Waals surface area contributed by atoms with Crippen LogP contribution in [0.2, 0.25) is 0 Å². The molecule has 21 heavy (non-hydrogen) atoms. The first kappa shape index (κ1) is 15.9. The Labute approximate surface area is 133 Å². The summed E-state index contributed by atoms with van der Waals surface area (Å²) in [6.07, 6.45) is 0. The second-order valence-electron chi connectivity index (χ2n) is 4.72. The Bertz CT molecular complexity index is 763. The number of hydrogen-bond acceptors (Lipinski definition) is 4. The first-order valence-corrected chi connectivity index (χ1v) is 8.48. The van der Waals surface area contributed by atoms with Crippen LogP contribution in [-0.2, 0) is 16.6 Å². The van der Waals surface area contributed by atoms with Crippen LogP contribution in [0.25, 0.3) is 0 Å². The standard InChI is InChI=1S/C14H16BrN3O2S/c1-10-4-3-5-12(17-10)9-18(2)21(19,20)14-7-6-11(16)8-13(14)15/h3-8H,9,16H2,1-2H3. The number of rotatable bonds is 4. The van der Waals surface area contributed by atoms with E-state index in [2.05, 4.69) is 20.9 Å². The van der Waals surface area contributed by atoms with Gasteiger partial charge in [0.15, 0.2) is 0 Å². The van der Waals surface area contributed by atoms with Gasteiger partial charge < -0.3 is 5.73 Å². The predicted octanol–water partition coefficient (Wildman–Crippen LogP) is 2.56. The van der Waals surface area contributed by atoms with Crippen LogP contribution in [0, 0.1) is 6.92 Å². The van der Waals surface area contributed by atoms with E-state index >= 15 is 0 Å². The van der Waals surface area contributed by atoms with Crippen molar-refractivity contribution in [1.82, 2.24) is 9.29 Å². The van der Waals surface area contributed by atoms with E-state index in [1.165, 1.54) is 17.4 Å². The van der Waals surface area contributed by atoms with Crippen molar-refractivity contribution in [2.45, 2.75) is 18.4 Å². The minimum Gasteiger partial charge on any atom is -0.399 e. The topological polar surface area (TPSA) is 76.3 Å². The first-order valence-electron chi connectivity index (χ1n) is 6.24. The molecule has 0 radical (unpaired) electrons. The fourth-order valence-electron chi connectivity index (χ4n) is 1.89. The number of anilines is 1. The van der Waals surface area contributed by atoms with Gasteiger partial charge in [0, 0.05) is 22.9 Å². The van der Waals surface area contributed by atoms with Crippen LogP contribution in [0.1, 0.15) is 11.4 Å². The lowest BCUT2D eigenvalue weighted by atomic mass is 10.3. The molecule has 0 saturated carbocycles. The lowest BCUT2D eigenvalue weighted by molar-refractivity contribution is 0.461. The fourth-order valence-corrected chi connectivity index (χ4v) is 4.09. The molecule has 0 spiro atoms. The Kier molecular flexibility index (Phi) is 4.65. The maximum atomic E-state index is 12.6. The Balaban J connectivity index is 2.30. The van der Waals surface area contributed by atoms with Gasteiger partial charge in [-0.15, -0.1) is 0 Å². The average molecular weight is 370 g/mol. The molecular formula is C14H16BrN3O2S. The predicted molar refractivity (Wildman–Crippen MR) is 86.2 cm³/mol. The highest BCUT2D eigenvalue weighted by Gasteiger charge is 2.23. The average Bonchev–Trinajstić information content (AvgIpc) is 2.38. The molecule has 2 rings (SSSR count). The normalized spacial score (nSPS) is 11.8. The summed E-state index contributed by atoms with van der Waals surface area (Å²) in [6.45, 7) is 2.08. The zero-order chi connectivity index (χ0) is 15.6. The van der Waals surface area contributed by atoms with E-state index in [0.29, 0.717) is 15.9 Å². The molecule has 0 aliphatic carbocycles. The van der Waals surface area contributed by atoms with Crippen LogP contribution >= 0.6 is 15.9 Å². The number of halogens is 1. The number of pyridine rings is 1. The minimum atomic E-state index is -3.61. The molecule has 2 aromatic rings. The number of nitrogens with two attached hydrogens (primary N) is 1. The van der Waals surface area contributed by atoms with Crippen LogP contribution in [0.15, 0.2) is 45.8 Å². The molecule has 0 unspecified atom stereocenters. The number of aryl methyl sites for hydroxylation is 1. The Hall–Kier alpha value is -1.44. The lowest BCUT2D eigenvalue weighted by Crippen LogP contribution is -2.27. The van der Waals surface area contributed by atoms with Crippen molar-refractivity contribution in [3.63, 3.8) is 0 Å². The van der Waals surface area contributed by atoms with Crippen molar-refractivity contribution in [2.24, 2.45) is 0 Å². The second-order valence-corrected chi connectivity index (χ2v) is 7.59. The minimum absolute atomic E-state index is 0.187. The third-order valence-electron chi connectivity index (χ3n) is 2.97. The molecule has 0 amide bonds. The zero-order valence-corrected chi connectivity index (χ0v) is 14.1. The lowest BCUT2D eigenvalue weighted by Gasteiger charge is -2.18. The van der Waals surface area contributed by atoms with Crippen molar-refractivity contribution in [2.75, 3.05) is 12.8 Å². The molecule has 0 saturated heterocycles. The van der Waals surface area contributed by atoms with E-state index in [0.717, 1.165) is 5.69 Å². The number of benzene rings is 1. The third kappa shape index (κ3) is 3.61. The van der Waals surface area contributed by atoms with E-state index in [1.54, 1.807) is 18.2 Å². The van der Waals surface area contributed by atoms with Crippen molar-refractivity contribution in [3.05, 3.63) is 52.3 Å². The van der Waals surface area contributed by atoms with Crippen molar-refractivity contribution >= 4 is 31.6 Å². The van der Waals surface area contributed by atoms with Gasteiger partial charge in [0.05, 0.1) is 17.1 Å². The zero-order valence-electron chi connectivity index (χ0n) is 11.7. The molecule has 1 heterocycles. The summed E-state index contributed by atoms with van der Waals surface area (Å²) in [6, 6.07) is 10.2. The summed E-state index contributed by atoms with van der Waals surface area (Å²) in [7, 11) is -2.08. The van der Waals surface area contributed by atoms with Gasteiger partial charge in [-0.05, 0) is 53.2 Å². The molecule has 7 heteroatoms. The fraction of sp³-hybridized carbons (Fsp3) is 0.214. The van der Waals surface area contributed by atoms with Gasteiger partial charge in [-0.1, -0.05) is 6.07 Å². The summed E-state index contributed by atoms with van der Waals surface area (Å²) >= 11 is 3.25. The summed E-state index contributed by atoms with van der Waals surface area (Å²) in [5, 5.41) is 0. The Morgan fingerprint density at radius 1 is 1.29 bits per heavy atom. The summed E-state index contributed by atoms with van der Waals surface area (Å²) in [4.78, 5) is 4.51. The second kappa shape index (κ2) is 6.13. The molecule has 1 aromatic heterocycles. The van der Waals surface area contributed by atoms with Crippen LogP contribution in [0.3, 0.4) is 0 Å².